The predicted molar refractivity (Wildman–Crippen MR) is 50.9 cm³/mol. The van der Waals surface area contributed by atoms with Gasteiger partial charge in [0.15, 0.2) is 0 Å². The topological polar surface area (TPSA) is 48.1 Å². The molecule has 4 heteroatoms. The zero-order chi connectivity index (χ0) is 10.2. The van der Waals surface area contributed by atoms with Crippen molar-refractivity contribution in [3.8, 4) is 0 Å². The third kappa shape index (κ3) is 5.72. The van der Waals surface area contributed by atoms with Gasteiger partial charge in [-0.3, -0.25) is 0 Å². The Kier molecular flexibility index (Phi) is 5.25. The van der Waals surface area contributed by atoms with Gasteiger partial charge in [-0.1, -0.05) is 13.0 Å². The van der Waals surface area contributed by atoms with Crippen LogP contribution in [-0.2, 0) is 19.0 Å². The van der Waals surface area contributed by atoms with Crippen LogP contribution in [0.2, 0.25) is 0 Å². The lowest BCUT2D eigenvalue weighted by Crippen LogP contribution is -2.03. The van der Waals surface area contributed by atoms with Gasteiger partial charge in [0.1, 0.15) is 6.10 Å². The molecule has 0 spiro atoms. The molecule has 0 bridgehead atoms. The van der Waals surface area contributed by atoms with Crippen LogP contribution >= 0.6 is 0 Å². The lowest BCUT2D eigenvalue weighted by molar-refractivity contribution is -0.137. The van der Waals surface area contributed by atoms with E-state index in [2.05, 4.69) is 0 Å². The summed E-state index contributed by atoms with van der Waals surface area (Å²) in [5.41, 5.74) is 0. The molecule has 0 aromatic heterocycles. The molecule has 1 rings (SSSR count). The number of carbonyl (C=O) groups excluding carboxylic acids is 1. The molecule has 80 valence electrons. The largest absolute Gasteiger partial charge is 0.463 e. The minimum Gasteiger partial charge on any atom is -0.463 e. The van der Waals surface area contributed by atoms with Crippen molar-refractivity contribution in [1.82, 2.24) is 0 Å². The Labute approximate surface area is 83.8 Å². The molecule has 0 N–H and O–H groups in total. The monoisotopic (exact) mass is 200 g/mol. The molecule has 1 atom stereocenters. The van der Waals surface area contributed by atoms with Gasteiger partial charge in [0.25, 0.3) is 0 Å². The van der Waals surface area contributed by atoms with E-state index in [9.17, 15) is 4.79 Å². The maximum Gasteiger partial charge on any atom is 0.330 e. The zero-order valence-electron chi connectivity index (χ0n) is 8.40. The molecule has 4 nitrogen and oxygen atoms in total. The van der Waals surface area contributed by atoms with Gasteiger partial charge < -0.3 is 14.2 Å². The van der Waals surface area contributed by atoms with E-state index in [1.165, 1.54) is 6.08 Å². The van der Waals surface area contributed by atoms with Crippen molar-refractivity contribution in [1.29, 1.82) is 0 Å². The molecule has 14 heavy (non-hydrogen) atoms. The van der Waals surface area contributed by atoms with Crippen molar-refractivity contribution in [2.45, 2.75) is 19.4 Å². The Hall–Kier alpha value is -0.870. The summed E-state index contributed by atoms with van der Waals surface area (Å²) in [5, 5.41) is 0. The molecule has 0 saturated carbocycles. The molecule has 1 saturated heterocycles. The quantitative estimate of drug-likeness (QED) is 0.265. The highest BCUT2D eigenvalue weighted by Crippen LogP contribution is 2.07. The minimum atomic E-state index is -0.307. The maximum absolute atomic E-state index is 10.9. The highest BCUT2D eigenvalue weighted by molar-refractivity contribution is 5.81. The van der Waals surface area contributed by atoms with E-state index in [4.69, 9.17) is 14.2 Å². The van der Waals surface area contributed by atoms with Crippen molar-refractivity contribution in [3.63, 3.8) is 0 Å². The standard InChI is InChI=1S/C10H16O4/c1-2-5-13-10(11)4-3-6-12-7-9-8-14-9/h3-4,9H,2,5-8H2,1H3. The fourth-order valence-electron chi connectivity index (χ4n) is 0.827. The molecule has 1 aliphatic heterocycles. The second kappa shape index (κ2) is 6.56. The fourth-order valence-corrected chi connectivity index (χ4v) is 0.827. The number of hydrogen-bond acceptors (Lipinski definition) is 4. The fraction of sp³-hybridized carbons (Fsp3) is 0.700. The number of esters is 1. The molecule has 0 aromatic rings. The molecule has 0 aromatic carbocycles. The van der Waals surface area contributed by atoms with Gasteiger partial charge >= 0.3 is 5.97 Å². The van der Waals surface area contributed by atoms with Crippen LogP contribution in [0.15, 0.2) is 12.2 Å². The number of ether oxygens (including phenoxy) is 3. The molecule has 0 aliphatic carbocycles. The van der Waals surface area contributed by atoms with Crippen LogP contribution in [0.5, 0.6) is 0 Å². The smallest absolute Gasteiger partial charge is 0.330 e. The van der Waals surface area contributed by atoms with E-state index >= 15 is 0 Å². The van der Waals surface area contributed by atoms with Gasteiger partial charge in [-0.25, -0.2) is 4.79 Å². The van der Waals surface area contributed by atoms with Gasteiger partial charge in [-0.05, 0) is 6.42 Å². The van der Waals surface area contributed by atoms with Gasteiger partial charge in [0, 0.05) is 6.08 Å². The van der Waals surface area contributed by atoms with E-state index in [-0.39, 0.29) is 12.1 Å². The van der Waals surface area contributed by atoms with Gasteiger partial charge in [-0.2, -0.15) is 0 Å². The van der Waals surface area contributed by atoms with Crippen LogP contribution in [0.25, 0.3) is 0 Å². The third-order valence-corrected chi connectivity index (χ3v) is 1.62. The minimum absolute atomic E-state index is 0.274. The highest BCUT2D eigenvalue weighted by atomic mass is 16.6. The maximum atomic E-state index is 10.9. The lowest BCUT2D eigenvalue weighted by Gasteiger charge is -1.98. The van der Waals surface area contributed by atoms with E-state index in [0.29, 0.717) is 19.8 Å². The Bertz CT molecular complexity index is 196. The summed E-state index contributed by atoms with van der Waals surface area (Å²) in [5.74, 6) is -0.307. The van der Waals surface area contributed by atoms with E-state index in [1.54, 1.807) is 6.08 Å². The van der Waals surface area contributed by atoms with Gasteiger partial charge in [-0.15, -0.1) is 0 Å². The van der Waals surface area contributed by atoms with Gasteiger partial charge in [0.2, 0.25) is 0 Å². The molecule has 1 fully saturated rings. The summed E-state index contributed by atoms with van der Waals surface area (Å²) in [7, 11) is 0. The van der Waals surface area contributed by atoms with Crippen LogP contribution in [0.1, 0.15) is 13.3 Å². The Morgan fingerprint density at radius 1 is 1.64 bits per heavy atom. The van der Waals surface area contributed by atoms with E-state index < -0.39 is 0 Å². The summed E-state index contributed by atoms with van der Waals surface area (Å²) >= 11 is 0. The van der Waals surface area contributed by atoms with Crippen LogP contribution in [0.3, 0.4) is 0 Å². The van der Waals surface area contributed by atoms with Crippen molar-refractivity contribution in [2.24, 2.45) is 0 Å². The first-order chi connectivity index (χ1) is 6.83. The van der Waals surface area contributed by atoms with Crippen molar-refractivity contribution in [3.05, 3.63) is 12.2 Å². The average molecular weight is 200 g/mol. The normalized spacial score (nSPS) is 19.9. The Balaban J connectivity index is 1.92. The number of carbonyl (C=O) groups is 1. The zero-order valence-corrected chi connectivity index (χ0v) is 8.40. The second-order valence-corrected chi connectivity index (χ2v) is 3.06. The molecule has 1 unspecified atom stereocenters. The third-order valence-electron chi connectivity index (χ3n) is 1.62. The van der Waals surface area contributed by atoms with Crippen molar-refractivity contribution in [2.75, 3.05) is 26.4 Å². The SMILES string of the molecule is CCCOC(=O)C=CCOCC1CO1. The first kappa shape index (κ1) is 11.2. The van der Waals surface area contributed by atoms with Crippen LogP contribution in [-0.4, -0.2) is 38.5 Å². The van der Waals surface area contributed by atoms with E-state index in [0.717, 1.165) is 13.0 Å². The lowest BCUT2D eigenvalue weighted by atomic mass is 10.5. The number of rotatable bonds is 7. The summed E-state index contributed by atoms with van der Waals surface area (Å²) in [6, 6.07) is 0. The van der Waals surface area contributed by atoms with Crippen molar-refractivity contribution < 1.29 is 19.0 Å². The van der Waals surface area contributed by atoms with Gasteiger partial charge in [0.05, 0.1) is 26.4 Å². The first-order valence-electron chi connectivity index (χ1n) is 4.85. The molecular weight excluding hydrogens is 184 g/mol. The summed E-state index contributed by atoms with van der Waals surface area (Å²) < 4.78 is 15.0. The predicted octanol–water partition coefficient (Wildman–Crippen LogP) is 0.911. The first-order valence-corrected chi connectivity index (χ1v) is 4.85. The summed E-state index contributed by atoms with van der Waals surface area (Å²) in [4.78, 5) is 10.9. The van der Waals surface area contributed by atoms with Crippen molar-refractivity contribution >= 4 is 5.97 Å². The van der Waals surface area contributed by atoms with Crippen LogP contribution < -0.4 is 0 Å². The summed E-state index contributed by atoms with van der Waals surface area (Å²) in [6.45, 7) is 4.26. The van der Waals surface area contributed by atoms with Crippen LogP contribution in [0, 0.1) is 0 Å². The molecule has 1 heterocycles. The van der Waals surface area contributed by atoms with E-state index in [1.807, 2.05) is 6.92 Å². The molecule has 1 aliphatic rings. The molecular formula is C10H16O4. The second-order valence-electron chi connectivity index (χ2n) is 3.06. The highest BCUT2D eigenvalue weighted by Gasteiger charge is 2.21. The number of epoxide rings is 1. The Morgan fingerprint density at radius 3 is 3.07 bits per heavy atom. The average Bonchev–Trinajstić information content (AvgIpc) is 2.98. The molecule has 0 amide bonds. The van der Waals surface area contributed by atoms with Crippen LogP contribution in [0.4, 0.5) is 0 Å². The summed E-state index contributed by atoms with van der Waals surface area (Å²) in [6.07, 6.45) is 4.16. The molecule has 0 radical (unpaired) electrons. The number of hydrogen-bond donors (Lipinski definition) is 0. The Morgan fingerprint density at radius 2 is 2.43 bits per heavy atom.